The van der Waals surface area contributed by atoms with Crippen molar-refractivity contribution in [2.45, 2.75) is 46.2 Å². The second kappa shape index (κ2) is 8.72. The number of imidazole rings is 1. The molecular formula is C23H26ClFN4O. The molecule has 0 N–H and O–H groups in total. The molecule has 1 aliphatic carbocycles. The van der Waals surface area contributed by atoms with Crippen LogP contribution < -0.4 is 0 Å². The molecule has 2 heterocycles. The molecule has 1 aliphatic rings. The van der Waals surface area contributed by atoms with E-state index >= 15 is 0 Å². The Hall–Kier alpha value is -2.47. The summed E-state index contributed by atoms with van der Waals surface area (Å²) >= 11 is 6.19. The van der Waals surface area contributed by atoms with Gasteiger partial charge in [0, 0.05) is 19.3 Å². The minimum absolute atomic E-state index is 0.0779. The second-order valence-electron chi connectivity index (χ2n) is 8.43. The van der Waals surface area contributed by atoms with Crippen LogP contribution in [0.15, 0.2) is 36.5 Å². The summed E-state index contributed by atoms with van der Waals surface area (Å²) in [5, 5.41) is 0.127. The maximum Gasteiger partial charge on any atom is 0.258 e. The second-order valence-corrected chi connectivity index (χ2v) is 8.84. The number of fused-ring (bicyclic) bond motifs is 1. The number of rotatable bonds is 8. The molecule has 2 aromatic heterocycles. The number of nitrogens with zero attached hydrogens (tertiary/aromatic N) is 4. The average Bonchev–Trinajstić information content (AvgIpc) is 3.46. The molecule has 0 atom stereocenters. The number of amides is 1. The zero-order valence-electron chi connectivity index (χ0n) is 17.3. The maximum atomic E-state index is 14.5. The Labute approximate surface area is 180 Å². The van der Waals surface area contributed by atoms with Crippen molar-refractivity contribution in [2.24, 2.45) is 11.8 Å². The van der Waals surface area contributed by atoms with E-state index in [0.29, 0.717) is 24.9 Å². The summed E-state index contributed by atoms with van der Waals surface area (Å²) in [6.07, 6.45) is 4.97. The molecule has 4 rings (SSSR count). The third-order valence-electron chi connectivity index (χ3n) is 5.49. The lowest BCUT2D eigenvalue weighted by atomic mass is 10.1. The van der Waals surface area contributed by atoms with E-state index in [9.17, 15) is 9.18 Å². The summed E-state index contributed by atoms with van der Waals surface area (Å²) in [6, 6.07) is 8.12. The van der Waals surface area contributed by atoms with Crippen molar-refractivity contribution >= 4 is 28.7 Å². The van der Waals surface area contributed by atoms with Gasteiger partial charge in [-0.15, -0.1) is 0 Å². The van der Waals surface area contributed by atoms with Crippen LogP contribution in [0.25, 0.3) is 11.2 Å². The first kappa shape index (κ1) is 20.8. The van der Waals surface area contributed by atoms with Gasteiger partial charge in [0.15, 0.2) is 5.65 Å². The molecule has 1 aromatic carbocycles. The molecule has 0 saturated heterocycles. The first-order valence-corrected chi connectivity index (χ1v) is 10.8. The predicted octanol–water partition coefficient (Wildman–Crippen LogP) is 5.32. The van der Waals surface area contributed by atoms with Gasteiger partial charge in [-0.1, -0.05) is 31.5 Å². The van der Waals surface area contributed by atoms with E-state index in [1.807, 2.05) is 12.1 Å². The lowest BCUT2D eigenvalue weighted by Gasteiger charge is -2.24. The molecule has 7 heteroatoms. The van der Waals surface area contributed by atoms with Crippen LogP contribution in [0.4, 0.5) is 4.39 Å². The Bertz CT molecular complexity index is 1040. The van der Waals surface area contributed by atoms with Gasteiger partial charge in [-0.25, -0.2) is 14.4 Å². The Balaban J connectivity index is 1.69. The van der Waals surface area contributed by atoms with Gasteiger partial charge in [0.25, 0.3) is 5.91 Å². The van der Waals surface area contributed by atoms with E-state index in [0.717, 1.165) is 30.0 Å². The molecule has 30 heavy (non-hydrogen) atoms. The Morgan fingerprint density at radius 3 is 2.80 bits per heavy atom. The number of benzene rings is 1. The van der Waals surface area contributed by atoms with Crippen molar-refractivity contribution in [1.82, 2.24) is 19.4 Å². The molecule has 0 unspecified atom stereocenters. The summed E-state index contributed by atoms with van der Waals surface area (Å²) in [6.45, 7) is 5.84. The first-order chi connectivity index (χ1) is 14.4. The lowest BCUT2D eigenvalue weighted by Crippen LogP contribution is -2.34. The number of aromatic nitrogens is 3. The van der Waals surface area contributed by atoms with E-state index in [2.05, 4.69) is 23.4 Å². The third kappa shape index (κ3) is 4.48. The van der Waals surface area contributed by atoms with E-state index in [-0.39, 0.29) is 10.6 Å². The number of pyridine rings is 1. The zero-order valence-corrected chi connectivity index (χ0v) is 18.1. The van der Waals surface area contributed by atoms with Crippen LogP contribution in [-0.4, -0.2) is 31.9 Å². The van der Waals surface area contributed by atoms with Gasteiger partial charge in [0.2, 0.25) is 0 Å². The fraction of sp³-hybridized carbons (Fsp3) is 0.435. The van der Waals surface area contributed by atoms with Crippen molar-refractivity contribution < 1.29 is 9.18 Å². The van der Waals surface area contributed by atoms with Gasteiger partial charge in [0.05, 0.1) is 17.1 Å². The quantitative estimate of drug-likeness (QED) is 0.487. The van der Waals surface area contributed by atoms with Crippen molar-refractivity contribution in [3.8, 4) is 0 Å². The molecule has 1 amide bonds. The van der Waals surface area contributed by atoms with Crippen LogP contribution in [0.2, 0.25) is 5.02 Å². The molecule has 0 radical (unpaired) electrons. The smallest absolute Gasteiger partial charge is 0.258 e. The highest BCUT2D eigenvalue weighted by atomic mass is 35.5. The summed E-state index contributed by atoms with van der Waals surface area (Å²) in [7, 11) is 0. The highest BCUT2D eigenvalue weighted by Gasteiger charge is 2.27. The van der Waals surface area contributed by atoms with Crippen molar-refractivity contribution in [1.29, 1.82) is 0 Å². The van der Waals surface area contributed by atoms with Gasteiger partial charge >= 0.3 is 0 Å². The maximum absolute atomic E-state index is 14.5. The van der Waals surface area contributed by atoms with E-state index in [1.54, 1.807) is 17.2 Å². The van der Waals surface area contributed by atoms with Crippen LogP contribution in [0, 0.1) is 17.7 Å². The SMILES string of the molecule is CC(C)CCN(Cc1nc2cccnc2n1CC1CC1)C(=O)c1c(F)cccc1Cl. The van der Waals surface area contributed by atoms with Crippen LogP contribution in [0.1, 0.15) is 49.3 Å². The molecule has 1 saturated carbocycles. The summed E-state index contributed by atoms with van der Waals surface area (Å²) < 4.78 is 16.6. The molecule has 158 valence electrons. The molecule has 0 bridgehead atoms. The molecule has 0 aliphatic heterocycles. The van der Waals surface area contributed by atoms with Gasteiger partial charge in [-0.3, -0.25) is 4.79 Å². The highest BCUT2D eigenvalue weighted by molar-refractivity contribution is 6.33. The summed E-state index contributed by atoms with van der Waals surface area (Å²) in [5.41, 5.74) is 1.57. The predicted molar refractivity (Wildman–Crippen MR) is 116 cm³/mol. The van der Waals surface area contributed by atoms with E-state index in [4.69, 9.17) is 16.6 Å². The van der Waals surface area contributed by atoms with Crippen molar-refractivity contribution in [2.75, 3.05) is 6.54 Å². The van der Waals surface area contributed by atoms with Gasteiger partial charge < -0.3 is 9.47 Å². The number of carbonyl (C=O) groups is 1. The minimum Gasteiger partial charge on any atom is -0.331 e. The Kier molecular flexibility index (Phi) is 6.04. The van der Waals surface area contributed by atoms with Gasteiger partial charge in [-0.05, 0) is 55.4 Å². The van der Waals surface area contributed by atoms with E-state index in [1.165, 1.54) is 25.0 Å². The topological polar surface area (TPSA) is 51.0 Å². The third-order valence-corrected chi connectivity index (χ3v) is 5.81. The van der Waals surface area contributed by atoms with Crippen molar-refractivity contribution in [3.63, 3.8) is 0 Å². The normalized spacial score (nSPS) is 13.9. The van der Waals surface area contributed by atoms with Gasteiger partial charge in [-0.2, -0.15) is 0 Å². The van der Waals surface area contributed by atoms with Crippen LogP contribution in [-0.2, 0) is 13.1 Å². The van der Waals surface area contributed by atoms with Crippen LogP contribution >= 0.6 is 11.6 Å². The summed E-state index contributed by atoms with van der Waals surface area (Å²) in [4.78, 5) is 24.2. The number of hydrogen-bond acceptors (Lipinski definition) is 3. The zero-order chi connectivity index (χ0) is 21.3. The molecule has 0 spiro atoms. The van der Waals surface area contributed by atoms with E-state index < -0.39 is 11.7 Å². The highest BCUT2D eigenvalue weighted by Crippen LogP contribution is 2.32. The molecule has 1 fully saturated rings. The standard InChI is InChI=1S/C23H26ClFN4O/c1-15(2)10-12-28(23(30)21-17(24)5-3-6-18(21)25)14-20-27-19-7-4-11-26-22(19)29(20)13-16-8-9-16/h3-7,11,15-16H,8-10,12-14H2,1-2H3. The van der Waals surface area contributed by atoms with Gasteiger partial charge in [0.1, 0.15) is 17.2 Å². The number of halogens is 2. The lowest BCUT2D eigenvalue weighted by molar-refractivity contribution is 0.0724. The van der Waals surface area contributed by atoms with Crippen LogP contribution in [0.3, 0.4) is 0 Å². The Morgan fingerprint density at radius 1 is 1.30 bits per heavy atom. The van der Waals surface area contributed by atoms with Crippen molar-refractivity contribution in [3.05, 3.63) is 58.8 Å². The fourth-order valence-electron chi connectivity index (χ4n) is 3.57. The average molecular weight is 429 g/mol. The molecular weight excluding hydrogens is 403 g/mol. The molecule has 5 nitrogen and oxygen atoms in total. The number of hydrogen-bond donors (Lipinski definition) is 0. The fourth-order valence-corrected chi connectivity index (χ4v) is 3.82. The number of carbonyl (C=O) groups excluding carboxylic acids is 1. The largest absolute Gasteiger partial charge is 0.331 e. The van der Waals surface area contributed by atoms with Crippen LogP contribution in [0.5, 0.6) is 0 Å². The Morgan fingerprint density at radius 2 is 2.10 bits per heavy atom. The summed E-state index contributed by atoms with van der Waals surface area (Å²) in [5.74, 6) is 0.805. The monoisotopic (exact) mass is 428 g/mol. The minimum atomic E-state index is -0.602. The first-order valence-electron chi connectivity index (χ1n) is 10.5. The molecule has 3 aromatic rings.